The van der Waals surface area contributed by atoms with Crippen molar-refractivity contribution in [1.82, 2.24) is 0 Å². The van der Waals surface area contributed by atoms with Crippen LogP contribution in [0.5, 0.6) is 0 Å². The molecule has 0 aromatic carbocycles. The first-order valence-corrected chi connectivity index (χ1v) is 5.21. The Morgan fingerprint density at radius 2 is 1.86 bits per heavy atom. The highest BCUT2D eigenvalue weighted by Gasteiger charge is 2.27. The summed E-state index contributed by atoms with van der Waals surface area (Å²) in [6, 6.07) is 0. The first kappa shape index (κ1) is 9.44. The van der Waals surface area contributed by atoms with E-state index in [9.17, 15) is 9.59 Å². The normalized spacial score (nSPS) is 27.0. The molecule has 0 N–H and O–H groups in total. The van der Waals surface area contributed by atoms with Gasteiger partial charge in [0.15, 0.2) is 0 Å². The van der Waals surface area contributed by atoms with Crippen LogP contribution in [0.1, 0.15) is 38.5 Å². The monoisotopic (exact) mass is 194 g/mol. The molecule has 2 fully saturated rings. The van der Waals surface area contributed by atoms with Crippen LogP contribution in [0.4, 0.5) is 0 Å². The second kappa shape index (κ2) is 3.95. The summed E-state index contributed by atoms with van der Waals surface area (Å²) in [6.45, 7) is 0. The summed E-state index contributed by atoms with van der Waals surface area (Å²) in [5, 5.41) is 0. The maximum absolute atomic E-state index is 11.1. The fourth-order valence-electron chi connectivity index (χ4n) is 2.15. The third-order valence-electron chi connectivity index (χ3n) is 2.89. The number of hydrogen-bond acceptors (Lipinski definition) is 3. The van der Waals surface area contributed by atoms with Crippen molar-refractivity contribution in [3.05, 3.63) is 11.6 Å². The van der Waals surface area contributed by atoms with E-state index in [1.54, 1.807) is 0 Å². The Balaban J connectivity index is 2.02. The number of carbonyl (C=O) groups excluding carboxylic acids is 2. The van der Waals surface area contributed by atoms with E-state index in [1.807, 2.05) is 6.08 Å². The molecule has 0 radical (unpaired) electrons. The summed E-state index contributed by atoms with van der Waals surface area (Å²) in [5.41, 5.74) is 0.571. The Bertz CT molecular complexity index is 285. The topological polar surface area (TPSA) is 43.4 Å². The lowest BCUT2D eigenvalue weighted by atomic mass is 9.88. The molecule has 2 rings (SSSR count). The van der Waals surface area contributed by atoms with E-state index in [4.69, 9.17) is 0 Å². The molecule has 0 atom stereocenters. The summed E-state index contributed by atoms with van der Waals surface area (Å²) in [7, 11) is 0. The minimum atomic E-state index is -0.430. The molecule has 1 heterocycles. The molecule has 1 saturated carbocycles. The number of hydrogen-bond donors (Lipinski definition) is 0. The maximum Gasteiger partial charge on any atom is 0.341 e. The molecular weight excluding hydrogens is 180 g/mol. The van der Waals surface area contributed by atoms with Gasteiger partial charge in [-0.2, -0.15) is 0 Å². The number of cyclic esters (lactones) is 2. The first-order valence-electron chi connectivity index (χ1n) is 5.21. The third-order valence-corrected chi connectivity index (χ3v) is 2.89. The molecule has 0 spiro atoms. The standard InChI is InChI=1S/C11H14O3/c12-10-7-9(11(13)14-10)6-8-4-2-1-3-5-8/h6,8H,1-5,7H2/b9-6+. The van der Waals surface area contributed by atoms with Crippen molar-refractivity contribution in [2.75, 3.05) is 0 Å². The zero-order chi connectivity index (χ0) is 9.97. The van der Waals surface area contributed by atoms with Gasteiger partial charge in [-0.05, 0) is 18.8 Å². The Morgan fingerprint density at radius 1 is 1.14 bits per heavy atom. The second-order valence-corrected chi connectivity index (χ2v) is 4.03. The fraction of sp³-hybridized carbons (Fsp3) is 0.636. The van der Waals surface area contributed by atoms with Gasteiger partial charge in [-0.25, -0.2) is 4.79 Å². The van der Waals surface area contributed by atoms with Crippen molar-refractivity contribution in [2.45, 2.75) is 38.5 Å². The van der Waals surface area contributed by atoms with E-state index < -0.39 is 11.9 Å². The van der Waals surface area contributed by atoms with Crippen LogP contribution < -0.4 is 0 Å². The SMILES string of the molecule is O=C1C/C(=C\C2CCCCC2)C(=O)O1. The molecule has 1 saturated heterocycles. The molecule has 1 aliphatic heterocycles. The third kappa shape index (κ3) is 2.03. The summed E-state index contributed by atoms with van der Waals surface area (Å²) < 4.78 is 4.47. The highest BCUT2D eigenvalue weighted by Crippen LogP contribution is 2.27. The van der Waals surface area contributed by atoms with Gasteiger partial charge in [0, 0.05) is 5.57 Å². The molecule has 0 aromatic heterocycles. The van der Waals surface area contributed by atoms with Crippen LogP contribution >= 0.6 is 0 Å². The van der Waals surface area contributed by atoms with Gasteiger partial charge in [-0.1, -0.05) is 25.3 Å². The first-order chi connectivity index (χ1) is 6.75. The minimum Gasteiger partial charge on any atom is -0.389 e. The lowest BCUT2D eigenvalue weighted by Gasteiger charge is -2.18. The largest absolute Gasteiger partial charge is 0.389 e. The quantitative estimate of drug-likeness (QED) is 0.364. The molecule has 1 aliphatic carbocycles. The lowest BCUT2D eigenvalue weighted by Crippen LogP contribution is -2.05. The maximum atomic E-state index is 11.1. The van der Waals surface area contributed by atoms with Crippen LogP contribution in [0.3, 0.4) is 0 Å². The summed E-state index contributed by atoms with van der Waals surface area (Å²) >= 11 is 0. The highest BCUT2D eigenvalue weighted by atomic mass is 16.6. The second-order valence-electron chi connectivity index (χ2n) is 4.03. The number of rotatable bonds is 1. The van der Waals surface area contributed by atoms with Gasteiger partial charge < -0.3 is 4.74 Å². The molecule has 3 heteroatoms. The van der Waals surface area contributed by atoms with Crippen molar-refractivity contribution >= 4 is 11.9 Å². The van der Waals surface area contributed by atoms with E-state index >= 15 is 0 Å². The van der Waals surface area contributed by atoms with Gasteiger partial charge in [0.1, 0.15) is 0 Å². The van der Waals surface area contributed by atoms with Crippen LogP contribution in [0.25, 0.3) is 0 Å². The van der Waals surface area contributed by atoms with Gasteiger partial charge >= 0.3 is 11.9 Å². The number of esters is 2. The molecule has 14 heavy (non-hydrogen) atoms. The van der Waals surface area contributed by atoms with Gasteiger partial charge in [0.05, 0.1) is 6.42 Å². The Labute approximate surface area is 83.1 Å². The fourth-order valence-corrected chi connectivity index (χ4v) is 2.15. The van der Waals surface area contributed by atoms with E-state index in [0.29, 0.717) is 11.5 Å². The smallest absolute Gasteiger partial charge is 0.341 e. The summed E-state index contributed by atoms with van der Waals surface area (Å²) in [4.78, 5) is 22.0. The van der Waals surface area contributed by atoms with Crippen molar-refractivity contribution < 1.29 is 14.3 Å². The average Bonchev–Trinajstić information content (AvgIpc) is 2.47. The van der Waals surface area contributed by atoms with Gasteiger partial charge in [-0.15, -0.1) is 0 Å². The predicted octanol–water partition coefficient (Wildman–Crippen LogP) is 1.97. The number of carbonyl (C=O) groups is 2. The van der Waals surface area contributed by atoms with Gasteiger partial charge in [0.25, 0.3) is 0 Å². The predicted molar refractivity (Wildman–Crippen MR) is 50.4 cm³/mol. The molecule has 0 aromatic rings. The van der Waals surface area contributed by atoms with Crippen LogP contribution in [0, 0.1) is 5.92 Å². The number of ether oxygens (including phenoxy) is 1. The van der Waals surface area contributed by atoms with E-state index in [1.165, 1.54) is 19.3 Å². The van der Waals surface area contributed by atoms with Crippen molar-refractivity contribution in [3.8, 4) is 0 Å². The van der Waals surface area contributed by atoms with Crippen LogP contribution in [-0.2, 0) is 14.3 Å². The lowest BCUT2D eigenvalue weighted by molar-refractivity contribution is -0.151. The van der Waals surface area contributed by atoms with Crippen LogP contribution in [0.2, 0.25) is 0 Å². The van der Waals surface area contributed by atoms with Crippen LogP contribution in [0.15, 0.2) is 11.6 Å². The molecule has 2 aliphatic rings. The summed E-state index contributed by atoms with van der Waals surface area (Å²) in [6.07, 6.45) is 8.18. The number of allylic oxidation sites excluding steroid dienone is 1. The molecule has 76 valence electrons. The zero-order valence-corrected chi connectivity index (χ0v) is 8.12. The highest BCUT2D eigenvalue weighted by molar-refractivity contribution is 6.05. The van der Waals surface area contributed by atoms with Gasteiger partial charge in [-0.3, -0.25) is 4.79 Å². The minimum absolute atomic E-state index is 0.176. The Hall–Kier alpha value is -1.12. The average molecular weight is 194 g/mol. The van der Waals surface area contributed by atoms with Gasteiger partial charge in [0.2, 0.25) is 0 Å². The van der Waals surface area contributed by atoms with Crippen molar-refractivity contribution in [2.24, 2.45) is 5.92 Å². The van der Waals surface area contributed by atoms with Crippen molar-refractivity contribution in [1.29, 1.82) is 0 Å². The zero-order valence-electron chi connectivity index (χ0n) is 8.12. The van der Waals surface area contributed by atoms with E-state index in [2.05, 4.69) is 4.74 Å². The Kier molecular flexibility index (Phi) is 2.66. The van der Waals surface area contributed by atoms with Crippen LogP contribution in [-0.4, -0.2) is 11.9 Å². The molecule has 0 amide bonds. The molecular formula is C11H14O3. The van der Waals surface area contributed by atoms with Crippen molar-refractivity contribution in [3.63, 3.8) is 0 Å². The van der Waals surface area contributed by atoms with E-state index in [0.717, 1.165) is 12.8 Å². The molecule has 0 bridgehead atoms. The Morgan fingerprint density at radius 3 is 2.43 bits per heavy atom. The molecule has 0 unspecified atom stereocenters. The molecule has 3 nitrogen and oxygen atoms in total. The summed E-state index contributed by atoms with van der Waals surface area (Å²) in [5.74, 6) is -0.352. The van der Waals surface area contributed by atoms with E-state index in [-0.39, 0.29) is 6.42 Å².